The van der Waals surface area contributed by atoms with Crippen LogP contribution in [0.5, 0.6) is 0 Å². The van der Waals surface area contributed by atoms with Crippen molar-refractivity contribution in [3.05, 3.63) is 70.3 Å². The number of para-hydroxylation sites is 2. The van der Waals surface area contributed by atoms with Crippen LogP contribution in [-0.2, 0) is 17.8 Å². The van der Waals surface area contributed by atoms with E-state index in [4.69, 9.17) is 0 Å². The number of carbonyl (C=O) groups excluding carboxylic acids is 1. The number of nitrogens with zero attached hydrogens (tertiary/aromatic N) is 3. The summed E-state index contributed by atoms with van der Waals surface area (Å²) in [5.74, 6) is 0.0405. The van der Waals surface area contributed by atoms with Gasteiger partial charge in [0, 0.05) is 24.7 Å². The van der Waals surface area contributed by atoms with Crippen molar-refractivity contribution in [2.45, 2.75) is 39.3 Å². The zero-order valence-corrected chi connectivity index (χ0v) is 15.0. The Morgan fingerprint density at radius 2 is 2.00 bits per heavy atom. The van der Waals surface area contributed by atoms with Gasteiger partial charge in [0.15, 0.2) is 0 Å². The van der Waals surface area contributed by atoms with Crippen LogP contribution >= 0.6 is 0 Å². The molecule has 1 aliphatic heterocycles. The minimum Gasteiger partial charge on any atom is -0.309 e. The van der Waals surface area contributed by atoms with Crippen molar-refractivity contribution in [2.75, 3.05) is 4.90 Å². The number of benzene rings is 2. The zero-order chi connectivity index (χ0) is 18.3. The van der Waals surface area contributed by atoms with Gasteiger partial charge in [-0.15, -0.1) is 0 Å². The summed E-state index contributed by atoms with van der Waals surface area (Å²) in [6, 6.07) is 13.7. The van der Waals surface area contributed by atoms with E-state index in [9.17, 15) is 9.59 Å². The summed E-state index contributed by atoms with van der Waals surface area (Å²) >= 11 is 0. The molecule has 1 aromatic heterocycles. The van der Waals surface area contributed by atoms with Gasteiger partial charge < -0.3 is 4.90 Å². The molecule has 0 saturated heterocycles. The van der Waals surface area contributed by atoms with E-state index in [1.165, 1.54) is 10.1 Å². The first kappa shape index (κ1) is 16.5. The fraction of sp³-hybridized carbons (Fsp3) is 0.286. The van der Waals surface area contributed by atoms with E-state index in [-0.39, 0.29) is 23.9 Å². The molecular formula is C21H21N3O2. The van der Waals surface area contributed by atoms with Gasteiger partial charge in [0.25, 0.3) is 5.56 Å². The highest BCUT2D eigenvalue weighted by molar-refractivity contribution is 5.96. The van der Waals surface area contributed by atoms with Crippen molar-refractivity contribution in [1.29, 1.82) is 0 Å². The van der Waals surface area contributed by atoms with Gasteiger partial charge in [0.1, 0.15) is 0 Å². The Hall–Kier alpha value is -2.95. The monoisotopic (exact) mass is 347 g/mol. The van der Waals surface area contributed by atoms with Crippen molar-refractivity contribution in [1.82, 2.24) is 9.55 Å². The van der Waals surface area contributed by atoms with E-state index in [0.29, 0.717) is 11.9 Å². The summed E-state index contributed by atoms with van der Waals surface area (Å²) in [5, 5.41) is 0.597. The van der Waals surface area contributed by atoms with Crippen molar-refractivity contribution >= 4 is 22.5 Å². The molecule has 5 heteroatoms. The number of aromatic nitrogens is 2. The van der Waals surface area contributed by atoms with E-state index in [1.807, 2.05) is 42.2 Å². The Balaban J connectivity index is 1.56. The molecule has 4 rings (SSSR count). The molecule has 5 nitrogen and oxygen atoms in total. The molecule has 0 fully saturated rings. The topological polar surface area (TPSA) is 55.2 Å². The summed E-state index contributed by atoms with van der Waals surface area (Å²) in [6.07, 6.45) is 2.70. The second kappa shape index (κ2) is 6.41. The maximum absolute atomic E-state index is 12.8. The van der Waals surface area contributed by atoms with E-state index >= 15 is 0 Å². The average molecular weight is 347 g/mol. The van der Waals surface area contributed by atoms with Gasteiger partial charge in [-0.1, -0.05) is 30.3 Å². The van der Waals surface area contributed by atoms with Gasteiger partial charge in [-0.25, -0.2) is 4.98 Å². The Morgan fingerprint density at radius 1 is 1.19 bits per heavy atom. The highest BCUT2D eigenvalue weighted by Gasteiger charge is 2.30. The lowest BCUT2D eigenvalue weighted by atomic mass is 10.1. The number of hydrogen-bond donors (Lipinski definition) is 0. The summed E-state index contributed by atoms with van der Waals surface area (Å²) in [7, 11) is 0. The second-order valence-electron chi connectivity index (χ2n) is 6.91. The van der Waals surface area contributed by atoms with Crippen LogP contribution in [0.2, 0.25) is 0 Å². The van der Waals surface area contributed by atoms with Crippen LogP contribution in [0.15, 0.2) is 53.6 Å². The molecule has 0 saturated carbocycles. The number of amides is 1. The number of carbonyl (C=O) groups is 1. The van der Waals surface area contributed by atoms with Gasteiger partial charge in [0.05, 0.1) is 17.2 Å². The molecule has 0 aliphatic carbocycles. The Labute approximate surface area is 151 Å². The highest BCUT2D eigenvalue weighted by Crippen LogP contribution is 2.32. The minimum atomic E-state index is -0.0960. The third kappa shape index (κ3) is 2.69. The molecule has 0 bridgehead atoms. The average Bonchev–Trinajstić information content (AvgIpc) is 2.97. The quantitative estimate of drug-likeness (QED) is 0.732. The number of fused-ring (bicyclic) bond motifs is 2. The number of anilines is 1. The van der Waals surface area contributed by atoms with Crippen molar-refractivity contribution < 1.29 is 4.79 Å². The lowest BCUT2D eigenvalue weighted by Crippen LogP contribution is -2.36. The smallest absolute Gasteiger partial charge is 0.261 e. The van der Waals surface area contributed by atoms with Crippen LogP contribution in [0.25, 0.3) is 10.9 Å². The Kier molecular flexibility index (Phi) is 4.07. The van der Waals surface area contributed by atoms with Crippen LogP contribution in [0.3, 0.4) is 0 Å². The maximum Gasteiger partial charge on any atom is 0.261 e. The van der Waals surface area contributed by atoms with Gasteiger partial charge in [-0.2, -0.15) is 0 Å². The third-order valence-electron chi connectivity index (χ3n) is 5.10. The van der Waals surface area contributed by atoms with E-state index in [2.05, 4.69) is 18.0 Å². The molecular weight excluding hydrogens is 326 g/mol. The molecule has 2 aromatic carbocycles. The molecule has 3 aromatic rings. The van der Waals surface area contributed by atoms with Gasteiger partial charge >= 0.3 is 0 Å². The van der Waals surface area contributed by atoms with Crippen LogP contribution < -0.4 is 10.5 Å². The molecule has 132 valence electrons. The molecule has 2 heterocycles. The van der Waals surface area contributed by atoms with E-state index in [0.717, 1.165) is 23.2 Å². The predicted octanol–water partition coefficient (Wildman–Crippen LogP) is 3.07. The molecule has 0 N–H and O–H groups in total. The SMILES string of the molecule is Cc1cccc2c(=O)n(CCC(=O)N3c4ccccc4CC3C)cnc12. The van der Waals surface area contributed by atoms with Crippen molar-refractivity contribution in [3.8, 4) is 0 Å². The first-order valence-corrected chi connectivity index (χ1v) is 8.91. The molecule has 1 amide bonds. The van der Waals surface area contributed by atoms with E-state index < -0.39 is 0 Å². The fourth-order valence-electron chi connectivity index (χ4n) is 3.78. The first-order valence-electron chi connectivity index (χ1n) is 8.91. The molecule has 1 atom stereocenters. The van der Waals surface area contributed by atoms with Gasteiger partial charge in [0.2, 0.25) is 5.91 Å². The van der Waals surface area contributed by atoms with Crippen molar-refractivity contribution in [2.24, 2.45) is 0 Å². The predicted molar refractivity (Wildman–Crippen MR) is 102 cm³/mol. The molecule has 26 heavy (non-hydrogen) atoms. The summed E-state index contributed by atoms with van der Waals surface area (Å²) < 4.78 is 1.53. The lowest BCUT2D eigenvalue weighted by Gasteiger charge is -2.23. The molecule has 1 unspecified atom stereocenters. The summed E-state index contributed by atoms with van der Waals surface area (Å²) in [6.45, 7) is 4.33. The number of aryl methyl sites for hydroxylation is 2. The Bertz CT molecular complexity index is 1050. The summed E-state index contributed by atoms with van der Waals surface area (Å²) in [5.41, 5.74) is 3.80. The normalized spacial score (nSPS) is 16.1. The molecule has 1 aliphatic rings. The number of hydrogen-bond acceptors (Lipinski definition) is 3. The second-order valence-corrected chi connectivity index (χ2v) is 6.91. The minimum absolute atomic E-state index is 0.0405. The maximum atomic E-state index is 12.8. The summed E-state index contributed by atoms with van der Waals surface area (Å²) in [4.78, 5) is 31.8. The zero-order valence-electron chi connectivity index (χ0n) is 15.0. The van der Waals surface area contributed by atoms with Crippen LogP contribution in [-0.4, -0.2) is 21.5 Å². The fourth-order valence-corrected chi connectivity index (χ4v) is 3.78. The van der Waals surface area contributed by atoms with Crippen LogP contribution in [0.4, 0.5) is 5.69 Å². The Morgan fingerprint density at radius 3 is 2.85 bits per heavy atom. The van der Waals surface area contributed by atoms with E-state index in [1.54, 1.807) is 12.4 Å². The number of rotatable bonds is 3. The molecule has 0 spiro atoms. The standard InChI is InChI=1S/C21H21N3O2/c1-14-6-5-8-17-20(14)22-13-23(21(17)26)11-10-19(25)24-15(2)12-16-7-3-4-9-18(16)24/h3-9,13,15H,10-12H2,1-2H3. The lowest BCUT2D eigenvalue weighted by molar-refractivity contribution is -0.119. The first-order chi connectivity index (χ1) is 12.6. The highest BCUT2D eigenvalue weighted by atomic mass is 16.2. The van der Waals surface area contributed by atoms with Crippen molar-refractivity contribution in [3.63, 3.8) is 0 Å². The van der Waals surface area contributed by atoms with Gasteiger partial charge in [-0.3, -0.25) is 14.2 Å². The van der Waals surface area contributed by atoms with Gasteiger partial charge in [-0.05, 0) is 43.5 Å². The van der Waals surface area contributed by atoms with Crippen LogP contribution in [0.1, 0.15) is 24.5 Å². The molecule has 0 radical (unpaired) electrons. The largest absolute Gasteiger partial charge is 0.309 e. The van der Waals surface area contributed by atoms with Crippen LogP contribution in [0, 0.1) is 6.92 Å². The third-order valence-corrected chi connectivity index (χ3v) is 5.10.